The second-order valence-corrected chi connectivity index (χ2v) is 17.8. The van der Waals surface area contributed by atoms with Gasteiger partial charge in [0.05, 0.1) is 11.5 Å². The van der Waals surface area contributed by atoms with Crippen molar-refractivity contribution in [2.75, 3.05) is 19.7 Å². The molecule has 3 fully saturated rings. The molecule has 16 heteroatoms. The number of fused-ring (bicyclic) bond motifs is 2. The Bertz CT molecular complexity index is 2150. The van der Waals surface area contributed by atoms with Crippen LogP contribution in [0.5, 0.6) is 11.5 Å². The maximum absolute atomic E-state index is 16.5. The minimum Gasteiger partial charge on any atom is -0.508 e. The van der Waals surface area contributed by atoms with Crippen LogP contribution in [-0.2, 0) is 23.7 Å². The van der Waals surface area contributed by atoms with Crippen LogP contribution in [0.2, 0.25) is 0 Å². The van der Waals surface area contributed by atoms with Crippen molar-refractivity contribution in [1.82, 2.24) is 25.2 Å². The Labute approximate surface area is 328 Å². The monoisotopic (exact) mass is 805 g/mol. The zero-order chi connectivity index (χ0) is 39.6. The number of nitrogens with one attached hydrogen (secondary N) is 2. The summed E-state index contributed by atoms with van der Waals surface area (Å²) in [6, 6.07) is 13.1. The lowest BCUT2D eigenvalue weighted by Crippen LogP contribution is -2.58. The standard InChI is InChI=1S/C40H45FN5O8PS/c1-3-18-53-40(51)24(2)44-55(52,54-29-9-5-4-6-10-29)36(41)25-12-15-34-26(19-25)20-35(56-34)37(48)43-31-11-7-8-28-13-14-32(46(28)38(31)49)39(50)45-22-27(23-45)30-21-42-17-16-33(30)47/h4-6,9-10,12,15-17,19-21,24,27-28,31-32,36H,3,7-8,11,13-14,18,22-23H2,1-2H3,(H,42,47)(H,43,48)(H,44,52)/t24-,28-,31-,32-,36?,55?/m0/s1. The number of halogens is 1. The molecule has 7 rings (SSSR count). The van der Waals surface area contributed by atoms with E-state index in [2.05, 4.69) is 15.4 Å². The number of amides is 3. The van der Waals surface area contributed by atoms with Crippen LogP contribution in [-0.4, -0.2) is 87.4 Å². The van der Waals surface area contributed by atoms with Crippen molar-refractivity contribution in [2.24, 2.45) is 0 Å². The molecule has 5 heterocycles. The van der Waals surface area contributed by atoms with E-state index in [-0.39, 0.29) is 47.4 Å². The van der Waals surface area contributed by atoms with E-state index in [4.69, 9.17) is 9.26 Å². The topological polar surface area (TPSA) is 167 Å². The van der Waals surface area contributed by atoms with Crippen molar-refractivity contribution in [2.45, 2.75) is 88.4 Å². The molecule has 2 aromatic heterocycles. The molecule has 3 N–H and O–H groups in total. The smallest absolute Gasteiger partial charge is 0.355 e. The number of ether oxygens (including phenoxy) is 1. The van der Waals surface area contributed by atoms with Crippen molar-refractivity contribution >= 4 is 52.6 Å². The van der Waals surface area contributed by atoms with Crippen molar-refractivity contribution in [3.8, 4) is 11.5 Å². The molecule has 3 aliphatic rings. The van der Waals surface area contributed by atoms with E-state index in [1.165, 1.54) is 54.8 Å². The van der Waals surface area contributed by atoms with Gasteiger partial charge in [-0.05, 0) is 92.8 Å². The number of hydrogen-bond donors (Lipinski definition) is 3. The van der Waals surface area contributed by atoms with E-state index in [9.17, 15) is 28.8 Å². The zero-order valence-electron chi connectivity index (χ0n) is 31.1. The Hall–Kier alpha value is -4.85. The van der Waals surface area contributed by atoms with Crippen LogP contribution in [0.3, 0.4) is 0 Å². The number of nitrogens with zero attached hydrogens (tertiary/aromatic N) is 3. The zero-order valence-corrected chi connectivity index (χ0v) is 32.8. The Balaban J connectivity index is 1.04. The highest BCUT2D eigenvalue weighted by Gasteiger charge is 2.48. The van der Waals surface area contributed by atoms with E-state index in [0.29, 0.717) is 65.7 Å². The molecule has 0 bridgehead atoms. The summed E-state index contributed by atoms with van der Waals surface area (Å²) in [7, 11) is -4.44. The predicted octanol–water partition coefficient (Wildman–Crippen LogP) is 6.44. The van der Waals surface area contributed by atoms with Crippen LogP contribution < -0.4 is 14.9 Å². The number of carbonyl (C=O) groups is 4. The fraction of sp³-hybridized carbons (Fsp3) is 0.425. The number of pyridine rings is 1. The van der Waals surface area contributed by atoms with Crippen LogP contribution in [0.15, 0.2) is 73.1 Å². The van der Waals surface area contributed by atoms with Crippen molar-refractivity contribution in [3.63, 3.8) is 0 Å². The van der Waals surface area contributed by atoms with Gasteiger partial charge in [0.1, 0.15) is 29.6 Å². The molecule has 3 aliphatic heterocycles. The molecule has 6 atom stereocenters. The number of aromatic nitrogens is 1. The van der Waals surface area contributed by atoms with Gasteiger partial charge in [-0.15, -0.1) is 11.3 Å². The molecular weight excluding hydrogens is 761 g/mol. The van der Waals surface area contributed by atoms with Gasteiger partial charge in [0, 0.05) is 47.7 Å². The summed E-state index contributed by atoms with van der Waals surface area (Å²) < 4.78 is 42.3. The number of carbonyl (C=O) groups excluding carboxylic acids is 4. The molecule has 0 radical (unpaired) electrons. The number of hydrogen-bond acceptors (Lipinski definition) is 10. The summed E-state index contributed by atoms with van der Waals surface area (Å²) in [6.07, 6.45) is 6.82. The third kappa shape index (κ3) is 8.16. The highest BCUT2D eigenvalue weighted by atomic mass is 32.1. The van der Waals surface area contributed by atoms with Crippen molar-refractivity contribution in [3.05, 3.63) is 89.1 Å². The van der Waals surface area contributed by atoms with Gasteiger partial charge >= 0.3 is 13.5 Å². The minimum atomic E-state index is -4.44. The van der Waals surface area contributed by atoms with Crippen LogP contribution in [0.25, 0.3) is 10.1 Å². The number of alkyl halides is 1. The summed E-state index contributed by atoms with van der Waals surface area (Å²) in [5, 5.41) is 16.2. The molecule has 0 aliphatic carbocycles. The SMILES string of the molecule is CCCOC(=O)[C@H](C)NP(=O)(Oc1ccccc1)C(F)c1ccc2sc(C(=O)N[C@H]3CCC[C@H]4CC[C@@H](C(=O)N5CC(c6cnccc6O)C5)N4C3=O)cc2c1. The van der Waals surface area contributed by atoms with Crippen LogP contribution in [0, 0.1) is 0 Å². The summed E-state index contributed by atoms with van der Waals surface area (Å²) in [5.74, 6) is -3.49. The lowest BCUT2D eigenvalue weighted by Gasteiger charge is -2.42. The summed E-state index contributed by atoms with van der Waals surface area (Å²) in [5.41, 5.74) is 0.713. The fourth-order valence-electron chi connectivity index (χ4n) is 7.69. The van der Waals surface area contributed by atoms with Gasteiger partial charge in [-0.1, -0.05) is 31.2 Å². The predicted molar refractivity (Wildman–Crippen MR) is 208 cm³/mol. The number of aromatic hydroxyl groups is 1. The summed E-state index contributed by atoms with van der Waals surface area (Å²) in [4.78, 5) is 61.8. The Morgan fingerprint density at radius 2 is 1.86 bits per heavy atom. The molecule has 296 valence electrons. The number of rotatable bonds is 13. The molecule has 56 heavy (non-hydrogen) atoms. The number of esters is 1. The first-order valence-electron chi connectivity index (χ1n) is 19.0. The Morgan fingerprint density at radius 3 is 2.61 bits per heavy atom. The van der Waals surface area contributed by atoms with Gasteiger partial charge in [0.25, 0.3) is 5.91 Å². The molecule has 3 saturated heterocycles. The number of likely N-dealkylation sites (tertiary alicyclic amines) is 1. The second kappa shape index (κ2) is 16.7. The van der Waals surface area contributed by atoms with Gasteiger partial charge < -0.3 is 29.5 Å². The Morgan fingerprint density at radius 1 is 1.07 bits per heavy atom. The quantitative estimate of drug-likeness (QED) is 0.101. The molecule has 0 spiro atoms. The highest BCUT2D eigenvalue weighted by Crippen LogP contribution is 2.58. The molecule has 2 unspecified atom stereocenters. The first-order valence-corrected chi connectivity index (χ1v) is 21.5. The van der Waals surface area contributed by atoms with Gasteiger partial charge in [-0.2, -0.15) is 0 Å². The molecule has 3 amide bonds. The van der Waals surface area contributed by atoms with Gasteiger partial charge in [-0.3, -0.25) is 28.7 Å². The van der Waals surface area contributed by atoms with Crippen LogP contribution in [0.1, 0.15) is 85.0 Å². The lowest BCUT2D eigenvalue weighted by molar-refractivity contribution is -0.148. The summed E-state index contributed by atoms with van der Waals surface area (Å²) >= 11 is 1.17. The second-order valence-electron chi connectivity index (χ2n) is 14.6. The largest absolute Gasteiger partial charge is 0.508 e. The van der Waals surface area contributed by atoms with E-state index in [1.807, 2.05) is 6.92 Å². The van der Waals surface area contributed by atoms with Gasteiger partial charge in [-0.25, -0.2) is 9.48 Å². The maximum atomic E-state index is 16.5. The number of benzene rings is 2. The van der Waals surface area contributed by atoms with Crippen LogP contribution >= 0.6 is 18.9 Å². The van der Waals surface area contributed by atoms with E-state index in [0.717, 1.165) is 6.42 Å². The molecule has 4 aromatic rings. The van der Waals surface area contributed by atoms with Crippen molar-refractivity contribution in [1.29, 1.82) is 0 Å². The summed E-state index contributed by atoms with van der Waals surface area (Å²) in [6.45, 7) is 4.28. The third-order valence-electron chi connectivity index (χ3n) is 10.6. The van der Waals surface area contributed by atoms with Crippen molar-refractivity contribution < 1.29 is 42.5 Å². The fourth-order valence-corrected chi connectivity index (χ4v) is 10.5. The average molecular weight is 806 g/mol. The number of thiophene rings is 1. The average Bonchev–Trinajstić information content (AvgIpc) is 3.77. The first kappa shape index (κ1) is 39.4. The number of para-hydroxylation sites is 1. The lowest BCUT2D eigenvalue weighted by atomic mass is 9.91. The highest BCUT2D eigenvalue weighted by molar-refractivity contribution is 7.57. The molecular formula is C40H45FN5O8PS. The molecule has 0 saturated carbocycles. The molecule has 13 nitrogen and oxygen atoms in total. The molecule has 2 aromatic carbocycles. The van der Waals surface area contributed by atoms with E-state index >= 15 is 4.39 Å². The maximum Gasteiger partial charge on any atom is 0.355 e. The first-order chi connectivity index (χ1) is 27.0. The van der Waals surface area contributed by atoms with Crippen LogP contribution in [0.4, 0.5) is 4.39 Å². The normalized spacial score (nSPS) is 22.0. The van der Waals surface area contributed by atoms with Gasteiger partial charge in [0.2, 0.25) is 17.7 Å². The minimum absolute atomic E-state index is 0.0173. The third-order valence-corrected chi connectivity index (χ3v) is 13.9. The van der Waals surface area contributed by atoms with Gasteiger partial charge in [0.15, 0.2) is 0 Å². The van der Waals surface area contributed by atoms with E-state index in [1.54, 1.807) is 46.3 Å². The van der Waals surface area contributed by atoms with E-state index < -0.39 is 43.4 Å². The Kier molecular flexibility index (Phi) is 11.8.